The van der Waals surface area contributed by atoms with E-state index in [-0.39, 0.29) is 0 Å². The zero-order valence-electron chi connectivity index (χ0n) is 10.4. The Morgan fingerprint density at radius 1 is 1.39 bits per heavy atom. The maximum absolute atomic E-state index is 5.30. The number of hydrogen-bond acceptors (Lipinski definition) is 4. The molecule has 0 unspecified atom stereocenters. The highest BCUT2D eigenvalue weighted by atomic mass is 32.1. The molecular weight excluding hydrogens is 246 g/mol. The van der Waals surface area contributed by atoms with Crippen LogP contribution in [0.25, 0.3) is 0 Å². The van der Waals surface area contributed by atoms with Gasteiger partial charge in [-0.1, -0.05) is 30.4 Å². The Bertz CT molecular complexity index is 595. The number of H-pyrrole nitrogens is 1. The van der Waals surface area contributed by atoms with E-state index in [0.717, 1.165) is 23.0 Å². The lowest BCUT2D eigenvalue weighted by Crippen LogP contribution is -2.04. The molecule has 0 aliphatic rings. The number of aromatic amines is 1. The van der Waals surface area contributed by atoms with Crippen molar-refractivity contribution in [3.05, 3.63) is 46.4 Å². The topological polar surface area (TPSA) is 49.9 Å². The Kier molecular flexibility index (Phi) is 3.94. The lowest BCUT2D eigenvalue weighted by Gasteiger charge is -2.10. The van der Waals surface area contributed by atoms with Gasteiger partial charge in [-0.15, -0.1) is 0 Å². The summed E-state index contributed by atoms with van der Waals surface area (Å²) in [7, 11) is 1.67. The van der Waals surface area contributed by atoms with Gasteiger partial charge < -0.3 is 15.0 Å². The lowest BCUT2D eigenvalue weighted by atomic mass is 10.2. The molecular formula is C13H15N3OS. The molecule has 18 heavy (non-hydrogen) atoms. The van der Waals surface area contributed by atoms with Crippen LogP contribution in [0, 0.1) is 11.6 Å². The summed E-state index contributed by atoms with van der Waals surface area (Å²) in [4.78, 5) is 7.24. The molecule has 0 aliphatic heterocycles. The summed E-state index contributed by atoms with van der Waals surface area (Å²) in [6.07, 6.45) is 0. The molecule has 4 nitrogen and oxygen atoms in total. The molecule has 5 heteroatoms. The van der Waals surface area contributed by atoms with Gasteiger partial charge >= 0.3 is 0 Å². The van der Waals surface area contributed by atoms with Crippen molar-refractivity contribution >= 4 is 18.0 Å². The van der Waals surface area contributed by atoms with Gasteiger partial charge in [-0.25, -0.2) is 4.98 Å². The van der Waals surface area contributed by atoms with Crippen molar-refractivity contribution in [3.63, 3.8) is 0 Å². The van der Waals surface area contributed by atoms with E-state index in [1.165, 1.54) is 0 Å². The maximum atomic E-state index is 5.30. The van der Waals surface area contributed by atoms with E-state index in [2.05, 4.69) is 15.3 Å². The van der Waals surface area contributed by atoms with Gasteiger partial charge in [0.2, 0.25) is 0 Å². The van der Waals surface area contributed by atoms with Crippen LogP contribution >= 0.6 is 12.2 Å². The van der Waals surface area contributed by atoms with E-state index in [0.29, 0.717) is 11.2 Å². The van der Waals surface area contributed by atoms with Crippen LogP contribution < -0.4 is 10.1 Å². The minimum absolute atomic E-state index is 0.578. The molecule has 2 aromatic rings. The average Bonchev–Trinajstić information content (AvgIpc) is 2.35. The molecule has 94 valence electrons. The fourth-order valence-electron chi connectivity index (χ4n) is 1.71. The number of para-hydroxylation sites is 1. The van der Waals surface area contributed by atoms with E-state index in [4.69, 9.17) is 17.0 Å². The summed E-state index contributed by atoms with van der Waals surface area (Å²) in [5.74, 6) is 2.53. The first-order chi connectivity index (χ1) is 8.69. The average molecular weight is 261 g/mol. The molecule has 0 radical (unpaired) electrons. The maximum Gasteiger partial charge on any atom is 0.131 e. The monoisotopic (exact) mass is 261 g/mol. The Morgan fingerprint density at radius 3 is 2.89 bits per heavy atom. The zero-order chi connectivity index (χ0) is 13.0. The van der Waals surface area contributed by atoms with E-state index in [9.17, 15) is 0 Å². The Balaban J connectivity index is 2.13. The largest absolute Gasteiger partial charge is 0.496 e. The van der Waals surface area contributed by atoms with Crippen molar-refractivity contribution in [1.29, 1.82) is 0 Å². The first-order valence-corrected chi connectivity index (χ1v) is 6.03. The van der Waals surface area contributed by atoms with E-state index in [1.807, 2.05) is 31.2 Å². The molecule has 1 heterocycles. The molecule has 1 aromatic heterocycles. The molecule has 0 saturated carbocycles. The van der Waals surface area contributed by atoms with Crippen LogP contribution in [0.3, 0.4) is 0 Å². The minimum Gasteiger partial charge on any atom is -0.496 e. The summed E-state index contributed by atoms with van der Waals surface area (Å²) in [6.45, 7) is 2.54. The van der Waals surface area contributed by atoms with Crippen molar-refractivity contribution in [2.45, 2.75) is 13.5 Å². The molecule has 2 rings (SSSR count). The van der Waals surface area contributed by atoms with E-state index < -0.39 is 0 Å². The second kappa shape index (κ2) is 5.64. The van der Waals surface area contributed by atoms with Crippen molar-refractivity contribution in [1.82, 2.24) is 9.97 Å². The van der Waals surface area contributed by atoms with Gasteiger partial charge in [0.1, 0.15) is 22.0 Å². The van der Waals surface area contributed by atoms with Gasteiger partial charge in [0.25, 0.3) is 0 Å². The van der Waals surface area contributed by atoms with Gasteiger partial charge in [0.05, 0.1) is 7.11 Å². The van der Waals surface area contributed by atoms with Gasteiger partial charge in [-0.3, -0.25) is 0 Å². The van der Waals surface area contributed by atoms with Gasteiger partial charge in [0.15, 0.2) is 0 Å². The SMILES string of the molecule is COc1ccccc1CNc1cc(=S)nc(C)[nH]1. The third-order valence-corrected chi connectivity index (χ3v) is 2.73. The number of nitrogens with one attached hydrogen (secondary N) is 2. The standard InChI is InChI=1S/C13H15N3OS/c1-9-15-12(7-13(18)16-9)14-8-10-5-3-4-6-11(10)17-2/h3-7H,8H2,1-2H3,(H2,14,15,16,18). The number of aromatic nitrogens is 2. The van der Waals surface area contributed by atoms with Crippen molar-refractivity contribution in [3.8, 4) is 5.75 Å². The number of rotatable bonds is 4. The zero-order valence-corrected chi connectivity index (χ0v) is 11.2. The molecule has 1 aromatic carbocycles. The smallest absolute Gasteiger partial charge is 0.131 e. The Morgan fingerprint density at radius 2 is 2.17 bits per heavy atom. The van der Waals surface area contributed by atoms with Crippen LogP contribution in [0.4, 0.5) is 5.82 Å². The van der Waals surface area contributed by atoms with Crippen molar-refractivity contribution < 1.29 is 4.74 Å². The van der Waals surface area contributed by atoms with Crippen LogP contribution in [-0.4, -0.2) is 17.1 Å². The van der Waals surface area contributed by atoms with E-state index in [1.54, 1.807) is 13.2 Å². The van der Waals surface area contributed by atoms with Crippen LogP contribution in [-0.2, 0) is 6.54 Å². The summed E-state index contributed by atoms with van der Waals surface area (Å²) in [6, 6.07) is 9.70. The molecule has 2 N–H and O–H groups in total. The predicted molar refractivity (Wildman–Crippen MR) is 74.5 cm³/mol. The number of anilines is 1. The minimum atomic E-state index is 0.578. The third kappa shape index (κ3) is 3.07. The van der Waals surface area contributed by atoms with Crippen molar-refractivity contribution in [2.24, 2.45) is 0 Å². The number of methoxy groups -OCH3 is 1. The van der Waals surface area contributed by atoms with E-state index >= 15 is 0 Å². The molecule has 0 aliphatic carbocycles. The highest BCUT2D eigenvalue weighted by Crippen LogP contribution is 2.18. The first-order valence-electron chi connectivity index (χ1n) is 5.63. The normalized spacial score (nSPS) is 10.1. The summed E-state index contributed by atoms with van der Waals surface area (Å²) in [5.41, 5.74) is 1.09. The fourth-order valence-corrected chi connectivity index (χ4v) is 1.97. The summed E-state index contributed by atoms with van der Waals surface area (Å²) >= 11 is 5.07. The number of nitrogens with zero attached hydrogens (tertiary/aromatic N) is 1. The fraction of sp³-hybridized carbons (Fsp3) is 0.231. The summed E-state index contributed by atoms with van der Waals surface area (Å²) < 4.78 is 5.88. The predicted octanol–water partition coefficient (Wildman–Crippen LogP) is 3.07. The first kappa shape index (κ1) is 12.6. The number of aryl methyl sites for hydroxylation is 1. The molecule has 0 fully saturated rings. The Hall–Kier alpha value is -1.88. The molecule has 0 atom stereocenters. The van der Waals surface area contributed by atoms with Gasteiger partial charge in [-0.05, 0) is 13.0 Å². The lowest BCUT2D eigenvalue weighted by molar-refractivity contribution is 0.410. The van der Waals surface area contributed by atoms with Crippen molar-refractivity contribution in [2.75, 3.05) is 12.4 Å². The quantitative estimate of drug-likeness (QED) is 0.830. The van der Waals surface area contributed by atoms with Gasteiger partial charge in [-0.2, -0.15) is 0 Å². The molecule has 0 bridgehead atoms. The van der Waals surface area contributed by atoms with Crippen LogP contribution in [0.2, 0.25) is 0 Å². The molecule has 0 spiro atoms. The number of ether oxygens (including phenoxy) is 1. The second-order valence-corrected chi connectivity index (χ2v) is 4.30. The number of benzene rings is 1. The van der Waals surface area contributed by atoms with Crippen LogP contribution in [0.1, 0.15) is 11.4 Å². The van der Waals surface area contributed by atoms with Crippen LogP contribution in [0.5, 0.6) is 5.75 Å². The third-order valence-electron chi connectivity index (χ3n) is 2.52. The second-order valence-electron chi connectivity index (χ2n) is 3.88. The highest BCUT2D eigenvalue weighted by Gasteiger charge is 2.01. The van der Waals surface area contributed by atoms with Crippen LogP contribution in [0.15, 0.2) is 30.3 Å². The molecule has 0 amide bonds. The Labute approximate surface area is 111 Å². The molecule has 0 saturated heterocycles. The highest BCUT2D eigenvalue weighted by molar-refractivity contribution is 7.71. The number of hydrogen-bond donors (Lipinski definition) is 2. The van der Waals surface area contributed by atoms with Gasteiger partial charge in [0, 0.05) is 18.2 Å². The summed E-state index contributed by atoms with van der Waals surface area (Å²) in [5, 5.41) is 3.28.